The Morgan fingerprint density at radius 1 is 0.837 bits per heavy atom. The second-order valence-electron chi connectivity index (χ2n) is 9.13. The Kier molecular flexibility index (Phi) is 11.2. The highest BCUT2D eigenvalue weighted by molar-refractivity contribution is 7.92. The van der Waals surface area contributed by atoms with Crippen LogP contribution in [0.4, 0.5) is 5.69 Å². The SMILES string of the molecule is O=C(COc1ccc(/C=N\NC(=O)CN(c2cccc(Cl)c2Cl)S(=O)(=O)c2ccccc2)cc1)NCCc1ccccc1. The van der Waals surface area contributed by atoms with Crippen LogP contribution in [0, 0.1) is 0 Å². The Labute approximate surface area is 260 Å². The molecule has 0 bridgehead atoms. The molecule has 0 unspecified atom stereocenters. The van der Waals surface area contributed by atoms with E-state index in [1.807, 2.05) is 30.3 Å². The van der Waals surface area contributed by atoms with Gasteiger partial charge in [0.25, 0.3) is 21.8 Å². The number of amides is 2. The van der Waals surface area contributed by atoms with E-state index in [1.54, 1.807) is 48.5 Å². The summed E-state index contributed by atoms with van der Waals surface area (Å²) >= 11 is 12.4. The highest BCUT2D eigenvalue weighted by Gasteiger charge is 2.29. The third kappa shape index (κ3) is 9.05. The maximum Gasteiger partial charge on any atom is 0.264 e. The predicted molar refractivity (Wildman–Crippen MR) is 168 cm³/mol. The third-order valence-corrected chi connectivity index (χ3v) is 8.63. The summed E-state index contributed by atoms with van der Waals surface area (Å²) in [6.45, 7) is -0.221. The Hall–Kier alpha value is -4.38. The molecule has 0 aliphatic rings. The van der Waals surface area contributed by atoms with Crippen molar-refractivity contribution in [3.63, 3.8) is 0 Å². The molecule has 4 rings (SSSR count). The Bertz CT molecular complexity index is 1670. The van der Waals surface area contributed by atoms with E-state index in [0.717, 1.165) is 16.3 Å². The molecule has 2 N–H and O–H groups in total. The van der Waals surface area contributed by atoms with Crippen LogP contribution in [-0.4, -0.2) is 46.1 Å². The average molecular weight is 640 g/mol. The molecule has 4 aromatic rings. The first-order chi connectivity index (χ1) is 20.7. The topological polar surface area (TPSA) is 117 Å². The van der Waals surface area contributed by atoms with Gasteiger partial charge in [-0.3, -0.25) is 13.9 Å². The molecule has 43 heavy (non-hydrogen) atoms. The molecule has 2 amide bonds. The molecule has 0 radical (unpaired) electrons. The summed E-state index contributed by atoms with van der Waals surface area (Å²) in [6.07, 6.45) is 2.12. The van der Waals surface area contributed by atoms with Crippen LogP contribution < -0.4 is 19.8 Å². The molecule has 0 fully saturated rings. The lowest BCUT2D eigenvalue weighted by molar-refractivity contribution is -0.123. The number of hydrogen-bond acceptors (Lipinski definition) is 6. The lowest BCUT2D eigenvalue weighted by Gasteiger charge is -2.24. The summed E-state index contributed by atoms with van der Waals surface area (Å²) < 4.78 is 33.3. The van der Waals surface area contributed by atoms with E-state index in [0.29, 0.717) is 17.9 Å². The van der Waals surface area contributed by atoms with Crippen molar-refractivity contribution in [2.75, 3.05) is 24.0 Å². The lowest BCUT2D eigenvalue weighted by Crippen LogP contribution is -2.39. The van der Waals surface area contributed by atoms with Crippen molar-refractivity contribution in [3.05, 3.63) is 124 Å². The van der Waals surface area contributed by atoms with Gasteiger partial charge in [0, 0.05) is 6.54 Å². The molecule has 0 aliphatic carbocycles. The minimum atomic E-state index is -4.17. The highest BCUT2D eigenvalue weighted by atomic mass is 35.5. The summed E-state index contributed by atoms with van der Waals surface area (Å²) in [5, 5.41) is 6.89. The minimum absolute atomic E-state index is 0.00746. The smallest absolute Gasteiger partial charge is 0.264 e. The van der Waals surface area contributed by atoms with Gasteiger partial charge in [-0.2, -0.15) is 5.10 Å². The highest BCUT2D eigenvalue weighted by Crippen LogP contribution is 2.35. The van der Waals surface area contributed by atoms with Gasteiger partial charge in [-0.25, -0.2) is 13.8 Å². The fourth-order valence-corrected chi connectivity index (χ4v) is 5.79. The zero-order valence-electron chi connectivity index (χ0n) is 22.8. The number of halogens is 2. The van der Waals surface area contributed by atoms with Crippen molar-refractivity contribution in [2.45, 2.75) is 11.3 Å². The van der Waals surface area contributed by atoms with Crippen molar-refractivity contribution in [2.24, 2.45) is 5.10 Å². The lowest BCUT2D eigenvalue weighted by atomic mass is 10.1. The molecule has 0 spiro atoms. The number of carbonyl (C=O) groups excluding carboxylic acids is 2. The van der Waals surface area contributed by atoms with Crippen molar-refractivity contribution in [1.29, 1.82) is 0 Å². The number of rotatable bonds is 13. The quantitative estimate of drug-likeness (QED) is 0.156. The minimum Gasteiger partial charge on any atom is -0.484 e. The Morgan fingerprint density at radius 2 is 1.51 bits per heavy atom. The van der Waals surface area contributed by atoms with Crippen molar-refractivity contribution < 1.29 is 22.7 Å². The normalized spacial score (nSPS) is 11.2. The maximum absolute atomic E-state index is 13.4. The number of anilines is 1. The van der Waals surface area contributed by atoms with E-state index in [-0.39, 0.29) is 33.1 Å². The first-order valence-electron chi connectivity index (χ1n) is 13.1. The van der Waals surface area contributed by atoms with E-state index in [1.165, 1.54) is 30.5 Å². The number of nitrogens with one attached hydrogen (secondary N) is 2. The number of carbonyl (C=O) groups is 2. The van der Waals surface area contributed by atoms with Gasteiger partial charge < -0.3 is 10.1 Å². The van der Waals surface area contributed by atoms with Crippen LogP contribution in [0.3, 0.4) is 0 Å². The molecule has 0 aromatic heterocycles. The summed E-state index contributed by atoms with van der Waals surface area (Å²) in [5.74, 6) is -0.448. The van der Waals surface area contributed by atoms with Crippen molar-refractivity contribution >= 4 is 56.9 Å². The van der Waals surface area contributed by atoms with Gasteiger partial charge in [-0.1, -0.05) is 77.8 Å². The fraction of sp³-hybridized carbons (Fsp3) is 0.129. The van der Waals surface area contributed by atoms with Crippen molar-refractivity contribution in [3.8, 4) is 5.75 Å². The average Bonchev–Trinajstić information content (AvgIpc) is 3.02. The van der Waals surface area contributed by atoms with Crippen molar-refractivity contribution in [1.82, 2.24) is 10.7 Å². The fourth-order valence-electron chi connectivity index (χ4n) is 3.89. The standard InChI is InChI=1S/C31H28Cl2N4O5S/c32-27-12-7-13-28(31(27)33)37(43(40,41)26-10-5-2-6-11-26)21-29(38)36-35-20-24-14-16-25(17-15-24)42-22-30(39)34-19-18-23-8-3-1-4-9-23/h1-17,20H,18-19,21-22H2,(H,34,39)(H,36,38)/b35-20-. The van der Waals surface area contributed by atoms with E-state index < -0.39 is 22.5 Å². The zero-order valence-corrected chi connectivity index (χ0v) is 25.1. The number of hydrogen-bond donors (Lipinski definition) is 2. The van der Waals surface area contributed by atoms with E-state index in [4.69, 9.17) is 27.9 Å². The predicted octanol–water partition coefficient (Wildman–Crippen LogP) is 5.08. The van der Waals surface area contributed by atoms with Gasteiger partial charge >= 0.3 is 0 Å². The number of benzene rings is 4. The van der Waals surface area contributed by atoms with E-state index in [9.17, 15) is 18.0 Å². The van der Waals surface area contributed by atoms with Crippen LogP contribution in [0.1, 0.15) is 11.1 Å². The molecule has 222 valence electrons. The van der Waals surface area contributed by atoms with Crippen LogP contribution in [0.2, 0.25) is 10.0 Å². The van der Waals surface area contributed by atoms with Gasteiger partial charge in [-0.15, -0.1) is 0 Å². The molecule has 4 aromatic carbocycles. The molecular weight excluding hydrogens is 611 g/mol. The van der Waals surface area contributed by atoms with Crippen LogP contribution in [0.25, 0.3) is 0 Å². The molecule has 0 saturated heterocycles. The molecule has 0 aliphatic heterocycles. The molecule has 12 heteroatoms. The Balaban J connectivity index is 1.31. The number of hydrazone groups is 1. The van der Waals surface area contributed by atoms with Gasteiger partial charge in [0.1, 0.15) is 12.3 Å². The molecule has 0 saturated carbocycles. The summed E-state index contributed by atoms with van der Waals surface area (Å²) in [7, 11) is -4.17. The molecular formula is C31H28Cl2N4O5S. The van der Waals surface area contributed by atoms with Crippen LogP contribution in [0.15, 0.2) is 113 Å². The summed E-state index contributed by atoms with van der Waals surface area (Å²) in [4.78, 5) is 24.8. The van der Waals surface area contributed by atoms with Gasteiger partial charge in [-0.05, 0) is 66.1 Å². The van der Waals surface area contributed by atoms with Gasteiger partial charge in [0.2, 0.25) is 0 Å². The van der Waals surface area contributed by atoms with Crippen LogP contribution in [0.5, 0.6) is 5.75 Å². The van der Waals surface area contributed by atoms with E-state index in [2.05, 4.69) is 15.8 Å². The Morgan fingerprint density at radius 3 is 2.21 bits per heavy atom. The van der Waals surface area contributed by atoms with Crippen LogP contribution >= 0.6 is 23.2 Å². The second-order valence-corrected chi connectivity index (χ2v) is 11.8. The molecule has 0 atom stereocenters. The number of sulfonamides is 1. The largest absolute Gasteiger partial charge is 0.484 e. The molecule has 0 heterocycles. The summed E-state index contributed by atoms with van der Waals surface area (Å²) in [6, 6.07) is 28.8. The first kappa shape index (κ1) is 31.6. The zero-order chi connectivity index (χ0) is 30.7. The van der Waals surface area contributed by atoms with Gasteiger partial charge in [0.05, 0.1) is 26.8 Å². The van der Waals surface area contributed by atoms with Gasteiger partial charge in [0.15, 0.2) is 6.61 Å². The number of ether oxygens (including phenoxy) is 1. The van der Waals surface area contributed by atoms with E-state index >= 15 is 0 Å². The monoisotopic (exact) mass is 638 g/mol. The number of nitrogens with zero attached hydrogens (tertiary/aromatic N) is 2. The first-order valence-corrected chi connectivity index (χ1v) is 15.3. The maximum atomic E-state index is 13.4. The molecule has 9 nitrogen and oxygen atoms in total. The van der Waals surface area contributed by atoms with Crippen LogP contribution in [-0.2, 0) is 26.0 Å². The third-order valence-electron chi connectivity index (χ3n) is 6.05. The summed E-state index contributed by atoms with van der Waals surface area (Å²) in [5.41, 5.74) is 4.16. The second kappa shape index (κ2) is 15.2.